The normalized spacial score (nSPS) is 10.2. The second kappa shape index (κ2) is 8.29. The van der Waals surface area contributed by atoms with Gasteiger partial charge in [-0.15, -0.1) is 0 Å². The SMILES string of the molecule is CCCC(=O)N(CCC)c1cc(C(=O)OCC)ccc1N. The van der Waals surface area contributed by atoms with Crippen LogP contribution in [0, 0.1) is 0 Å². The Morgan fingerprint density at radius 2 is 1.90 bits per heavy atom. The van der Waals surface area contributed by atoms with Crippen molar-refractivity contribution in [2.75, 3.05) is 23.8 Å². The number of ether oxygens (including phenoxy) is 1. The molecule has 0 aliphatic heterocycles. The first-order valence-electron chi connectivity index (χ1n) is 7.42. The van der Waals surface area contributed by atoms with Crippen molar-refractivity contribution >= 4 is 23.3 Å². The van der Waals surface area contributed by atoms with Gasteiger partial charge in [-0.2, -0.15) is 0 Å². The number of rotatable bonds is 7. The summed E-state index contributed by atoms with van der Waals surface area (Å²) in [4.78, 5) is 25.7. The van der Waals surface area contributed by atoms with Crippen LogP contribution in [0.2, 0.25) is 0 Å². The van der Waals surface area contributed by atoms with E-state index in [1.165, 1.54) is 0 Å². The second-order valence-corrected chi connectivity index (χ2v) is 4.79. The molecule has 2 N–H and O–H groups in total. The lowest BCUT2D eigenvalue weighted by atomic mass is 10.1. The molecule has 0 saturated heterocycles. The number of hydrogen-bond acceptors (Lipinski definition) is 4. The van der Waals surface area contributed by atoms with Crippen LogP contribution in [0.3, 0.4) is 0 Å². The summed E-state index contributed by atoms with van der Waals surface area (Å²) in [6.45, 7) is 6.60. The van der Waals surface area contributed by atoms with Gasteiger partial charge in [-0.25, -0.2) is 4.79 Å². The van der Waals surface area contributed by atoms with Crippen molar-refractivity contribution in [3.63, 3.8) is 0 Å². The highest BCUT2D eigenvalue weighted by molar-refractivity contribution is 5.99. The van der Waals surface area contributed by atoms with Crippen molar-refractivity contribution in [1.82, 2.24) is 0 Å². The molecule has 0 aliphatic carbocycles. The van der Waals surface area contributed by atoms with Gasteiger partial charge in [-0.3, -0.25) is 4.79 Å². The van der Waals surface area contributed by atoms with Crippen molar-refractivity contribution in [2.24, 2.45) is 0 Å². The van der Waals surface area contributed by atoms with Crippen LogP contribution < -0.4 is 10.6 Å². The van der Waals surface area contributed by atoms with E-state index in [1.807, 2.05) is 13.8 Å². The van der Waals surface area contributed by atoms with Gasteiger partial charge in [0.05, 0.1) is 23.5 Å². The molecule has 21 heavy (non-hydrogen) atoms. The first-order valence-corrected chi connectivity index (χ1v) is 7.42. The van der Waals surface area contributed by atoms with Gasteiger partial charge < -0.3 is 15.4 Å². The molecule has 116 valence electrons. The molecule has 1 aromatic rings. The minimum atomic E-state index is -0.405. The van der Waals surface area contributed by atoms with Crippen molar-refractivity contribution < 1.29 is 14.3 Å². The van der Waals surface area contributed by atoms with Gasteiger partial charge in [-0.1, -0.05) is 13.8 Å². The van der Waals surface area contributed by atoms with Crippen molar-refractivity contribution in [1.29, 1.82) is 0 Å². The molecule has 1 rings (SSSR count). The highest BCUT2D eigenvalue weighted by atomic mass is 16.5. The minimum absolute atomic E-state index is 0.0204. The fraction of sp³-hybridized carbons (Fsp3) is 0.500. The summed E-state index contributed by atoms with van der Waals surface area (Å²) in [5.41, 5.74) is 7.46. The van der Waals surface area contributed by atoms with Crippen LogP contribution in [0.4, 0.5) is 11.4 Å². The molecule has 0 heterocycles. The van der Waals surface area contributed by atoms with Crippen molar-refractivity contribution in [3.8, 4) is 0 Å². The zero-order valence-corrected chi connectivity index (χ0v) is 13.0. The number of benzene rings is 1. The van der Waals surface area contributed by atoms with E-state index in [-0.39, 0.29) is 5.91 Å². The van der Waals surface area contributed by atoms with E-state index >= 15 is 0 Å². The Morgan fingerprint density at radius 1 is 1.19 bits per heavy atom. The van der Waals surface area contributed by atoms with Gasteiger partial charge in [0.25, 0.3) is 0 Å². The van der Waals surface area contributed by atoms with Crippen molar-refractivity contribution in [3.05, 3.63) is 23.8 Å². The Hall–Kier alpha value is -2.04. The van der Waals surface area contributed by atoms with Gasteiger partial charge in [0.15, 0.2) is 0 Å². The van der Waals surface area contributed by atoms with Crippen LogP contribution in [0.15, 0.2) is 18.2 Å². The minimum Gasteiger partial charge on any atom is -0.462 e. The molecule has 1 amide bonds. The van der Waals surface area contributed by atoms with Crippen LogP contribution in [0.1, 0.15) is 50.4 Å². The Balaban J connectivity index is 3.14. The largest absolute Gasteiger partial charge is 0.462 e. The zero-order chi connectivity index (χ0) is 15.8. The van der Waals surface area contributed by atoms with E-state index in [4.69, 9.17) is 10.5 Å². The predicted molar refractivity (Wildman–Crippen MR) is 84.4 cm³/mol. The Labute approximate surface area is 126 Å². The molecular formula is C16H24N2O3. The molecule has 0 unspecified atom stereocenters. The quantitative estimate of drug-likeness (QED) is 0.619. The Bertz CT molecular complexity index is 500. The summed E-state index contributed by atoms with van der Waals surface area (Å²) in [5, 5.41) is 0. The molecule has 0 fully saturated rings. The summed E-state index contributed by atoms with van der Waals surface area (Å²) in [6, 6.07) is 4.89. The monoisotopic (exact) mass is 292 g/mol. The van der Waals surface area contributed by atoms with E-state index in [0.29, 0.717) is 36.5 Å². The number of esters is 1. The fourth-order valence-electron chi connectivity index (χ4n) is 2.07. The highest BCUT2D eigenvalue weighted by Crippen LogP contribution is 2.26. The van der Waals surface area contributed by atoms with Crippen LogP contribution in [-0.4, -0.2) is 25.0 Å². The third-order valence-corrected chi connectivity index (χ3v) is 3.04. The molecule has 0 atom stereocenters. The van der Waals surface area contributed by atoms with E-state index in [9.17, 15) is 9.59 Å². The molecule has 5 nitrogen and oxygen atoms in total. The lowest BCUT2D eigenvalue weighted by Gasteiger charge is -2.24. The highest BCUT2D eigenvalue weighted by Gasteiger charge is 2.18. The maximum atomic E-state index is 12.2. The number of anilines is 2. The lowest BCUT2D eigenvalue weighted by molar-refractivity contribution is -0.118. The van der Waals surface area contributed by atoms with Gasteiger partial charge >= 0.3 is 5.97 Å². The van der Waals surface area contributed by atoms with Crippen LogP contribution in [0.5, 0.6) is 0 Å². The lowest BCUT2D eigenvalue weighted by Crippen LogP contribution is -2.32. The van der Waals surface area contributed by atoms with Crippen LogP contribution in [-0.2, 0) is 9.53 Å². The molecule has 5 heteroatoms. The predicted octanol–water partition coefficient (Wildman–Crippen LogP) is 2.99. The molecular weight excluding hydrogens is 268 g/mol. The van der Waals surface area contributed by atoms with Crippen LogP contribution in [0.25, 0.3) is 0 Å². The molecule has 0 aliphatic rings. The molecule has 1 aromatic carbocycles. The number of amides is 1. The maximum Gasteiger partial charge on any atom is 0.338 e. The second-order valence-electron chi connectivity index (χ2n) is 4.79. The van der Waals surface area contributed by atoms with Gasteiger partial charge in [0.1, 0.15) is 0 Å². The van der Waals surface area contributed by atoms with Crippen molar-refractivity contribution in [2.45, 2.75) is 40.0 Å². The topological polar surface area (TPSA) is 72.6 Å². The van der Waals surface area contributed by atoms with Gasteiger partial charge in [0, 0.05) is 13.0 Å². The zero-order valence-electron chi connectivity index (χ0n) is 13.0. The number of carbonyl (C=O) groups is 2. The molecule has 0 radical (unpaired) electrons. The average Bonchev–Trinajstić information content (AvgIpc) is 2.46. The average molecular weight is 292 g/mol. The van der Waals surface area contributed by atoms with E-state index in [1.54, 1.807) is 30.0 Å². The third-order valence-electron chi connectivity index (χ3n) is 3.04. The molecule has 0 bridgehead atoms. The molecule has 0 saturated carbocycles. The van der Waals surface area contributed by atoms with E-state index < -0.39 is 5.97 Å². The van der Waals surface area contributed by atoms with Gasteiger partial charge in [0.2, 0.25) is 5.91 Å². The first kappa shape index (κ1) is 17.0. The Morgan fingerprint density at radius 3 is 2.48 bits per heavy atom. The summed E-state index contributed by atoms with van der Waals surface area (Å²) in [5.74, 6) is -0.384. The van der Waals surface area contributed by atoms with Crippen LogP contribution >= 0.6 is 0 Å². The maximum absolute atomic E-state index is 12.2. The molecule has 0 spiro atoms. The number of nitrogens with two attached hydrogens (primary N) is 1. The molecule has 0 aromatic heterocycles. The number of nitrogens with zero attached hydrogens (tertiary/aromatic N) is 1. The number of hydrogen-bond donors (Lipinski definition) is 1. The fourth-order valence-corrected chi connectivity index (χ4v) is 2.07. The smallest absolute Gasteiger partial charge is 0.338 e. The summed E-state index contributed by atoms with van der Waals surface area (Å²) in [6.07, 6.45) is 2.05. The Kier molecular flexibility index (Phi) is 6.72. The van der Waals surface area contributed by atoms with E-state index in [0.717, 1.165) is 12.8 Å². The van der Waals surface area contributed by atoms with E-state index in [2.05, 4.69) is 0 Å². The third kappa shape index (κ3) is 4.48. The number of carbonyl (C=O) groups excluding carboxylic acids is 2. The summed E-state index contributed by atoms with van der Waals surface area (Å²) >= 11 is 0. The first-order chi connectivity index (χ1) is 10.0. The summed E-state index contributed by atoms with van der Waals surface area (Å²) in [7, 11) is 0. The number of nitrogen functional groups attached to an aromatic ring is 1. The van der Waals surface area contributed by atoms with Gasteiger partial charge in [-0.05, 0) is 38.0 Å². The standard InChI is InChI=1S/C16H24N2O3/c1-4-7-15(19)18(10-5-2)14-11-12(8-9-13(14)17)16(20)21-6-3/h8-9,11H,4-7,10,17H2,1-3H3. The summed E-state index contributed by atoms with van der Waals surface area (Å²) < 4.78 is 4.99.